The highest BCUT2D eigenvalue weighted by Crippen LogP contribution is 2.05. The predicted molar refractivity (Wildman–Crippen MR) is 78.5 cm³/mol. The van der Waals surface area contributed by atoms with Crippen molar-refractivity contribution < 1.29 is 4.79 Å². The molecule has 1 rings (SSSR count). The molecule has 0 bridgehead atoms. The van der Waals surface area contributed by atoms with Crippen LogP contribution in [-0.4, -0.2) is 22.4 Å². The zero-order valence-corrected chi connectivity index (χ0v) is 11.6. The summed E-state index contributed by atoms with van der Waals surface area (Å²) in [5.41, 5.74) is 1.30. The summed E-state index contributed by atoms with van der Waals surface area (Å²) in [4.78, 5) is 10.7. The fourth-order valence-electron chi connectivity index (χ4n) is 1.29. The van der Waals surface area contributed by atoms with Crippen molar-refractivity contribution in [3.05, 3.63) is 35.9 Å². The van der Waals surface area contributed by atoms with Crippen LogP contribution in [0.1, 0.15) is 18.9 Å². The van der Waals surface area contributed by atoms with Crippen molar-refractivity contribution >= 4 is 34.1 Å². The summed E-state index contributed by atoms with van der Waals surface area (Å²) in [6.45, 7) is 2.45. The Morgan fingerprint density at radius 1 is 1.35 bits per heavy atom. The molecular weight excluding hydrogens is 250 g/mol. The van der Waals surface area contributed by atoms with E-state index in [0.717, 1.165) is 23.0 Å². The quantitative estimate of drug-likeness (QED) is 0.803. The number of thiocarbonyl (C=S) groups is 1. The number of benzene rings is 1. The second-order valence-corrected chi connectivity index (χ2v) is 5.52. The van der Waals surface area contributed by atoms with Gasteiger partial charge in [0.05, 0.1) is 0 Å². The lowest BCUT2D eigenvalue weighted by Gasteiger charge is -2.06. The summed E-state index contributed by atoms with van der Waals surface area (Å²) >= 11 is 6.70. The summed E-state index contributed by atoms with van der Waals surface area (Å²) in [5, 5.41) is 3.19. The molecule has 4 heteroatoms. The van der Waals surface area contributed by atoms with Crippen LogP contribution >= 0.6 is 24.0 Å². The topological polar surface area (TPSA) is 29.1 Å². The lowest BCUT2D eigenvalue weighted by molar-refractivity contribution is -0.116. The molecule has 0 aliphatic carbocycles. The van der Waals surface area contributed by atoms with Gasteiger partial charge in [-0.25, -0.2) is 0 Å². The smallest absolute Gasteiger partial charge is 0.133 e. The third-order valence-electron chi connectivity index (χ3n) is 2.21. The van der Waals surface area contributed by atoms with E-state index < -0.39 is 0 Å². The summed E-state index contributed by atoms with van der Waals surface area (Å²) in [6.07, 6.45) is 1.55. The Kier molecular flexibility index (Phi) is 6.89. The fourth-order valence-corrected chi connectivity index (χ4v) is 2.42. The van der Waals surface area contributed by atoms with Crippen molar-refractivity contribution in [1.82, 2.24) is 5.32 Å². The van der Waals surface area contributed by atoms with E-state index in [1.165, 1.54) is 17.3 Å². The van der Waals surface area contributed by atoms with Crippen molar-refractivity contribution in [2.24, 2.45) is 0 Å². The number of nitrogens with one attached hydrogen (secondary N) is 1. The maximum absolute atomic E-state index is 10.7. The van der Waals surface area contributed by atoms with Crippen molar-refractivity contribution in [3.63, 3.8) is 0 Å². The number of hydrogen-bond acceptors (Lipinski definition) is 3. The van der Waals surface area contributed by atoms with E-state index in [1.807, 2.05) is 18.2 Å². The minimum absolute atomic E-state index is 0.213. The van der Waals surface area contributed by atoms with E-state index in [0.29, 0.717) is 6.42 Å². The minimum Gasteiger partial charge on any atom is -0.371 e. The van der Waals surface area contributed by atoms with Crippen molar-refractivity contribution in [2.75, 3.05) is 12.3 Å². The summed E-state index contributed by atoms with van der Waals surface area (Å²) in [5.74, 6) is 0.983. The SMILES string of the molecule is CC(=O)CCSC(=S)NCCc1ccccc1. The molecule has 1 N–H and O–H groups in total. The Morgan fingerprint density at radius 2 is 2.06 bits per heavy atom. The Balaban J connectivity index is 2.10. The molecule has 0 aliphatic heterocycles. The first-order chi connectivity index (χ1) is 8.18. The number of thioether (sulfide) groups is 1. The van der Waals surface area contributed by atoms with Crippen LogP contribution in [0, 0.1) is 0 Å². The third kappa shape index (κ3) is 7.13. The monoisotopic (exact) mass is 267 g/mol. The van der Waals surface area contributed by atoms with Crippen molar-refractivity contribution in [2.45, 2.75) is 19.8 Å². The van der Waals surface area contributed by atoms with E-state index in [1.54, 1.807) is 6.92 Å². The predicted octanol–water partition coefficient (Wildman–Crippen LogP) is 2.82. The van der Waals surface area contributed by atoms with Crippen LogP contribution in [0.5, 0.6) is 0 Å². The number of carbonyl (C=O) groups excluding carboxylic acids is 1. The molecule has 0 fully saturated rings. The molecule has 0 unspecified atom stereocenters. The Hall–Kier alpha value is -0.870. The lowest BCUT2D eigenvalue weighted by Crippen LogP contribution is -2.21. The molecule has 0 aromatic heterocycles. The summed E-state index contributed by atoms with van der Waals surface area (Å²) in [7, 11) is 0. The molecule has 0 atom stereocenters. The Morgan fingerprint density at radius 3 is 2.71 bits per heavy atom. The fraction of sp³-hybridized carbons (Fsp3) is 0.385. The first kappa shape index (κ1) is 14.2. The number of Topliss-reactive ketones (excluding diaryl/α,β-unsaturated/α-hetero) is 1. The molecule has 0 amide bonds. The summed E-state index contributed by atoms with van der Waals surface area (Å²) < 4.78 is 0.780. The van der Waals surface area contributed by atoms with Gasteiger partial charge >= 0.3 is 0 Å². The van der Waals surface area contributed by atoms with Gasteiger partial charge in [-0.05, 0) is 18.9 Å². The van der Waals surface area contributed by atoms with Crippen LogP contribution in [-0.2, 0) is 11.2 Å². The van der Waals surface area contributed by atoms with Crippen LogP contribution in [0.25, 0.3) is 0 Å². The first-order valence-electron chi connectivity index (χ1n) is 5.62. The van der Waals surface area contributed by atoms with Gasteiger partial charge in [0, 0.05) is 18.7 Å². The van der Waals surface area contributed by atoms with Crippen molar-refractivity contribution in [1.29, 1.82) is 0 Å². The van der Waals surface area contributed by atoms with Crippen LogP contribution in [0.2, 0.25) is 0 Å². The molecule has 2 nitrogen and oxygen atoms in total. The van der Waals surface area contributed by atoms with Gasteiger partial charge in [-0.15, -0.1) is 0 Å². The van der Waals surface area contributed by atoms with Gasteiger partial charge in [0.15, 0.2) is 0 Å². The number of ketones is 1. The van der Waals surface area contributed by atoms with E-state index in [-0.39, 0.29) is 5.78 Å². The molecule has 1 aromatic carbocycles. The molecule has 17 heavy (non-hydrogen) atoms. The third-order valence-corrected chi connectivity index (χ3v) is 3.53. The molecule has 1 aromatic rings. The largest absolute Gasteiger partial charge is 0.371 e. The molecule has 0 aliphatic rings. The molecule has 0 saturated carbocycles. The Labute approximate surface area is 112 Å². The van der Waals surface area contributed by atoms with Crippen LogP contribution in [0.15, 0.2) is 30.3 Å². The molecule has 0 spiro atoms. The van der Waals surface area contributed by atoms with Gasteiger partial charge in [0.25, 0.3) is 0 Å². The molecule has 92 valence electrons. The lowest BCUT2D eigenvalue weighted by atomic mass is 10.2. The number of carbonyl (C=O) groups is 1. The van der Waals surface area contributed by atoms with Gasteiger partial charge in [-0.2, -0.15) is 0 Å². The van der Waals surface area contributed by atoms with Gasteiger partial charge < -0.3 is 5.32 Å². The van der Waals surface area contributed by atoms with Gasteiger partial charge in [-0.1, -0.05) is 54.3 Å². The van der Waals surface area contributed by atoms with Crippen molar-refractivity contribution in [3.8, 4) is 0 Å². The highest BCUT2D eigenvalue weighted by atomic mass is 32.2. The number of rotatable bonds is 6. The van der Waals surface area contributed by atoms with E-state index in [4.69, 9.17) is 12.2 Å². The van der Waals surface area contributed by atoms with Crippen LogP contribution in [0.4, 0.5) is 0 Å². The average Bonchev–Trinajstić information content (AvgIpc) is 2.30. The molecule has 0 heterocycles. The summed E-state index contributed by atoms with van der Waals surface area (Å²) in [6, 6.07) is 10.3. The maximum atomic E-state index is 10.7. The van der Waals surface area contributed by atoms with E-state index >= 15 is 0 Å². The normalized spacial score (nSPS) is 9.94. The minimum atomic E-state index is 0.213. The van der Waals surface area contributed by atoms with E-state index in [9.17, 15) is 4.79 Å². The first-order valence-corrected chi connectivity index (χ1v) is 7.02. The Bertz CT molecular complexity index is 365. The second-order valence-electron chi connectivity index (χ2n) is 3.75. The van der Waals surface area contributed by atoms with Crippen LogP contribution in [0.3, 0.4) is 0 Å². The molecule has 0 saturated heterocycles. The second kappa shape index (κ2) is 8.25. The van der Waals surface area contributed by atoms with Crippen LogP contribution < -0.4 is 5.32 Å². The highest BCUT2D eigenvalue weighted by molar-refractivity contribution is 8.22. The maximum Gasteiger partial charge on any atom is 0.133 e. The van der Waals surface area contributed by atoms with Gasteiger partial charge in [0.2, 0.25) is 0 Å². The average molecular weight is 267 g/mol. The number of hydrogen-bond donors (Lipinski definition) is 1. The zero-order chi connectivity index (χ0) is 12.5. The van der Waals surface area contributed by atoms with E-state index in [2.05, 4.69) is 17.4 Å². The highest BCUT2D eigenvalue weighted by Gasteiger charge is 1.99. The molecule has 0 radical (unpaired) electrons. The molecular formula is C13H17NOS2. The standard InChI is InChI=1S/C13H17NOS2/c1-11(15)8-10-17-13(16)14-9-7-12-5-3-2-4-6-12/h2-6H,7-10H2,1H3,(H,14,16). The van der Waals surface area contributed by atoms with Gasteiger partial charge in [-0.3, -0.25) is 4.79 Å². The zero-order valence-electron chi connectivity index (χ0n) is 9.94. The van der Waals surface area contributed by atoms with Gasteiger partial charge in [0.1, 0.15) is 10.1 Å².